The Balaban J connectivity index is 1.77. The summed E-state index contributed by atoms with van der Waals surface area (Å²) in [6.45, 7) is 0.423. The quantitative estimate of drug-likeness (QED) is 0.754. The molecule has 2 N–H and O–H groups in total. The molecule has 2 aromatic heterocycles. The number of rotatable bonds is 7. The molecule has 2 aromatic rings. The van der Waals surface area contributed by atoms with Crippen molar-refractivity contribution >= 4 is 23.2 Å². The van der Waals surface area contributed by atoms with Gasteiger partial charge in [0.15, 0.2) is 11.3 Å². The second kappa shape index (κ2) is 7.22. The Morgan fingerprint density at radius 1 is 1.10 bits per heavy atom. The van der Waals surface area contributed by atoms with E-state index in [1.165, 1.54) is 0 Å². The normalized spacial score (nSPS) is 10.5. The second-order valence-corrected chi connectivity index (χ2v) is 4.41. The van der Waals surface area contributed by atoms with Gasteiger partial charge < -0.3 is 10.4 Å². The van der Waals surface area contributed by atoms with Crippen molar-refractivity contribution in [2.45, 2.75) is 25.7 Å². The zero-order valence-electron chi connectivity index (χ0n) is 11.3. The van der Waals surface area contributed by atoms with E-state index >= 15 is 0 Å². The minimum atomic E-state index is -0.893. The van der Waals surface area contributed by atoms with Crippen LogP contribution in [-0.2, 0) is 16.0 Å². The van der Waals surface area contributed by atoms with E-state index in [2.05, 4.69) is 25.3 Å². The lowest BCUT2D eigenvalue weighted by Gasteiger charge is -2.04. The summed E-state index contributed by atoms with van der Waals surface area (Å²) in [6, 6.07) is 0. The van der Waals surface area contributed by atoms with Gasteiger partial charge >= 0.3 is 5.97 Å². The molecule has 0 atom stereocenters. The van der Waals surface area contributed by atoms with Crippen LogP contribution in [-0.4, -0.2) is 43.5 Å². The lowest BCUT2D eigenvalue weighted by molar-refractivity contribution is -0.137. The Hall–Kier alpha value is -2.64. The molecule has 8 heteroatoms. The van der Waals surface area contributed by atoms with Crippen LogP contribution in [0.2, 0.25) is 0 Å². The number of carbonyl (C=O) groups is 2. The zero-order valence-corrected chi connectivity index (χ0v) is 11.3. The van der Waals surface area contributed by atoms with Gasteiger partial charge in [0.2, 0.25) is 5.91 Å². The van der Waals surface area contributed by atoms with E-state index in [0.717, 1.165) is 0 Å². The molecule has 0 aliphatic carbocycles. The number of fused-ring (bicyclic) bond motifs is 1. The number of amides is 1. The molecule has 0 fully saturated rings. The molecule has 0 radical (unpaired) electrons. The molecule has 0 aliphatic heterocycles. The van der Waals surface area contributed by atoms with E-state index in [9.17, 15) is 9.59 Å². The summed E-state index contributed by atoms with van der Waals surface area (Å²) in [5, 5.41) is 11.2. The first-order chi connectivity index (χ1) is 10.1. The lowest BCUT2D eigenvalue weighted by atomic mass is 10.2. The van der Waals surface area contributed by atoms with Gasteiger partial charge in [0, 0.05) is 38.2 Å². The van der Waals surface area contributed by atoms with Crippen LogP contribution in [0.25, 0.3) is 11.3 Å². The van der Waals surface area contributed by atoms with Crippen LogP contribution in [0.1, 0.15) is 25.0 Å². The SMILES string of the molecule is O=C(O)CCCC(=O)NCCc1cnc2nccnc2n1. The molecule has 2 heterocycles. The van der Waals surface area contributed by atoms with Gasteiger partial charge in [-0.2, -0.15) is 0 Å². The Labute approximate surface area is 120 Å². The monoisotopic (exact) mass is 289 g/mol. The highest BCUT2D eigenvalue weighted by Gasteiger charge is 2.05. The average molecular weight is 289 g/mol. The Bertz CT molecular complexity index is 646. The highest BCUT2D eigenvalue weighted by molar-refractivity contribution is 5.76. The standard InChI is InChI=1S/C13H15N5O3/c19-10(2-1-3-11(20)21)14-5-4-9-8-17-12-13(18-9)16-7-6-15-12/h6-8H,1-5H2,(H,14,19)(H,20,21). The summed E-state index contributed by atoms with van der Waals surface area (Å²) >= 11 is 0. The summed E-state index contributed by atoms with van der Waals surface area (Å²) in [5.74, 6) is -1.06. The van der Waals surface area contributed by atoms with Gasteiger partial charge in [-0.25, -0.2) is 19.9 Å². The first kappa shape index (κ1) is 14.8. The number of aromatic nitrogens is 4. The lowest BCUT2D eigenvalue weighted by Crippen LogP contribution is -2.25. The van der Waals surface area contributed by atoms with Gasteiger partial charge in [-0.15, -0.1) is 0 Å². The van der Waals surface area contributed by atoms with Crippen LogP contribution in [0.15, 0.2) is 18.6 Å². The van der Waals surface area contributed by atoms with Crippen molar-refractivity contribution in [3.8, 4) is 0 Å². The van der Waals surface area contributed by atoms with Crippen molar-refractivity contribution in [3.05, 3.63) is 24.3 Å². The summed E-state index contributed by atoms with van der Waals surface area (Å²) in [5.41, 5.74) is 1.68. The molecular weight excluding hydrogens is 274 g/mol. The fourth-order valence-corrected chi connectivity index (χ4v) is 1.73. The Kier molecular flexibility index (Phi) is 5.08. The predicted octanol–water partition coefficient (Wildman–Crippen LogP) is 0.333. The molecule has 8 nitrogen and oxygen atoms in total. The maximum atomic E-state index is 11.5. The number of nitrogens with zero attached hydrogens (tertiary/aromatic N) is 4. The van der Waals surface area contributed by atoms with Crippen molar-refractivity contribution in [3.63, 3.8) is 0 Å². The fraction of sp³-hybridized carbons (Fsp3) is 0.385. The van der Waals surface area contributed by atoms with Crippen LogP contribution in [0.5, 0.6) is 0 Å². The summed E-state index contributed by atoms with van der Waals surface area (Å²) in [4.78, 5) is 38.3. The third-order valence-electron chi connectivity index (χ3n) is 2.74. The number of hydrogen-bond donors (Lipinski definition) is 2. The van der Waals surface area contributed by atoms with Gasteiger partial charge in [0.1, 0.15) is 0 Å². The molecule has 0 spiro atoms. The molecule has 0 saturated carbocycles. The van der Waals surface area contributed by atoms with Crippen LogP contribution in [0.3, 0.4) is 0 Å². The number of carboxylic acid groups (broad SMARTS) is 1. The highest BCUT2D eigenvalue weighted by Crippen LogP contribution is 2.02. The van der Waals surface area contributed by atoms with Gasteiger partial charge in [-0.05, 0) is 6.42 Å². The van der Waals surface area contributed by atoms with Crippen LogP contribution in [0, 0.1) is 0 Å². The van der Waals surface area contributed by atoms with Gasteiger partial charge in [-0.3, -0.25) is 9.59 Å². The van der Waals surface area contributed by atoms with E-state index in [1.807, 2.05) is 0 Å². The van der Waals surface area contributed by atoms with Crippen molar-refractivity contribution < 1.29 is 14.7 Å². The van der Waals surface area contributed by atoms with Crippen molar-refractivity contribution in [1.82, 2.24) is 25.3 Å². The second-order valence-electron chi connectivity index (χ2n) is 4.41. The molecule has 0 unspecified atom stereocenters. The average Bonchev–Trinajstić information content (AvgIpc) is 2.47. The smallest absolute Gasteiger partial charge is 0.303 e. The third-order valence-corrected chi connectivity index (χ3v) is 2.74. The first-order valence-corrected chi connectivity index (χ1v) is 6.56. The first-order valence-electron chi connectivity index (χ1n) is 6.56. The minimum absolute atomic E-state index is 0.00222. The molecule has 1 amide bonds. The van der Waals surface area contributed by atoms with E-state index < -0.39 is 5.97 Å². The summed E-state index contributed by atoms with van der Waals surface area (Å²) in [7, 11) is 0. The van der Waals surface area contributed by atoms with Crippen LogP contribution in [0.4, 0.5) is 0 Å². The molecular formula is C13H15N5O3. The molecule has 21 heavy (non-hydrogen) atoms. The van der Waals surface area contributed by atoms with E-state index in [0.29, 0.717) is 36.4 Å². The van der Waals surface area contributed by atoms with Gasteiger partial charge in [0.25, 0.3) is 0 Å². The number of hydrogen-bond acceptors (Lipinski definition) is 6. The number of aliphatic carboxylic acids is 1. The van der Waals surface area contributed by atoms with Crippen LogP contribution >= 0.6 is 0 Å². The molecule has 0 aliphatic rings. The zero-order chi connectivity index (χ0) is 15.1. The van der Waals surface area contributed by atoms with Gasteiger partial charge in [-0.1, -0.05) is 0 Å². The van der Waals surface area contributed by atoms with Gasteiger partial charge in [0.05, 0.1) is 11.9 Å². The molecule has 0 saturated heterocycles. The molecule has 0 bridgehead atoms. The van der Waals surface area contributed by atoms with Crippen molar-refractivity contribution in [1.29, 1.82) is 0 Å². The number of carboxylic acids is 1. The van der Waals surface area contributed by atoms with Crippen molar-refractivity contribution in [2.24, 2.45) is 0 Å². The molecule has 2 rings (SSSR count). The van der Waals surface area contributed by atoms with E-state index in [4.69, 9.17) is 5.11 Å². The van der Waals surface area contributed by atoms with E-state index in [-0.39, 0.29) is 18.7 Å². The Morgan fingerprint density at radius 2 is 1.86 bits per heavy atom. The maximum Gasteiger partial charge on any atom is 0.303 e. The summed E-state index contributed by atoms with van der Waals surface area (Å²) < 4.78 is 0. The van der Waals surface area contributed by atoms with E-state index in [1.54, 1.807) is 18.6 Å². The largest absolute Gasteiger partial charge is 0.481 e. The third kappa shape index (κ3) is 4.75. The summed E-state index contributed by atoms with van der Waals surface area (Å²) in [6.07, 6.45) is 5.78. The molecule has 110 valence electrons. The maximum absolute atomic E-state index is 11.5. The van der Waals surface area contributed by atoms with Crippen molar-refractivity contribution in [2.75, 3.05) is 6.54 Å². The predicted molar refractivity (Wildman–Crippen MR) is 73.3 cm³/mol. The highest BCUT2D eigenvalue weighted by atomic mass is 16.4. The van der Waals surface area contributed by atoms with Crippen LogP contribution < -0.4 is 5.32 Å². The fourth-order valence-electron chi connectivity index (χ4n) is 1.73. The number of carbonyl (C=O) groups excluding carboxylic acids is 1. The Morgan fingerprint density at radius 3 is 2.62 bits per heavy atom. The number of nitrogens with one attached hydrogen (secondary N) is 1. The topological polar surface area (TPSA) is 118 Å². The molecule has 0 aromatic carbocycles. The minimum Gasteiger partial charge on any atom is -0.481 e.